The van der Waals surface area contributed by atoms with Crippen LogP contribution in [0.1, 0.15) is 46.0 Å². The van der Waals surface area contributed by atoms with Gasteiger partial charge in [0.1, 0.15) is 0 Å². The molecule has 2 atom stereocenters. The van der Waals surface area contributed by atoms with Gasteiger partial charge in [-0.3, -0.25) is 0 Å². The number of hydrogen-bond donors (Lipinski definition) is 1. The molecule has 1 rings (SSSR count). The van der Waals surface area contributed by atoms with Gasteiger partial charge < -0.3 is 5.32 Å². The van der Waals surface area contributed by atoms with Gasteiger partial charge in [0.25, 0.3) is 0 Å². The second-order valence-corrected chi connectivity index (χ2v) is 4.62. The molecule has 0 aromatic carbocycles. The van der Waals surface area contributed by atoms with E-state index in [2.05, 4.69) is 44.0 Å². The number of nitrogens with one attached hydrogen (secondary N) is 1. The molecule has 0 radical (unpaired) electrons. The van der Waals surface area contributed by atoms with Crippen LogP contribution in [0.15, 0.2) is 36.6 Å². The van der Waals surface area contributed by atoms with E-state index in [-0.39, 0.29) is 0 Å². The zero-order valence-corrected chi connectivity index (χ0v) is 10.7. The molecule has 1 aliphatic rings. The zero-order chi connectivity index (χ0) is 11.8. The molecule has 0 aliphatic heterocycles. The average molecular weight is 219 g/mol. The smallest absolute Gasteiger partial charge is 0.0324 e. The standard InChI is InChI=1S/C15H25N/c1-4-6-7-11-14(5-2)16-15-12-9-8-10-13(15)3/h5,8,10-11,13,15-16H,2,4,6-7,9,12H2,1,3H3/b14-11+/t13-,15-/m0/s1. The highest BCUT2D eigenvalue weighted by atomic mass is 14.9. The molecule has 0 heterocycles. The summed E-state index contributed by atoms with van der Waals surface area (Å²) in [6.45, 7) is 8.38. The van der Waals surface area contributed by atoms with Crippen molar-refractivity contribution in [1.29, 1.82) is 0 Å². The van der Waals surface area contributed by atoms with E-state index in [4.69, 9.17) is 0 Å². The number of unbranched alkanes of at least 4 members (excludes halogenated alkanes) is 2. The predicted octanol–water partition coefficient (Wildman–Crippen LogP) is 4.19. The van der Waals surface area contributed by atoms with Gasteiger partial charge in [0.15, 0.2) is 0 Å². The Morgan fingerprint density at radius 1 is 1.56 bits per heavy atom. The molecule has 0 saturated heterocycles. The van der Waals surface area contributed by atoms with E-state index < -0.39 is 0 Å². The van der Waals surface area contributed by atoms with Crippen molar-refractivity contribution in [1.82, 2.24) is 5.32 Å². The lowest BCUT2D eigenvalue weighted by molar-refractivity contribution is 0.427. The highest BCUT2D eigenvalue weighted by Gasteiger charge is 2.16. The summed E-state index contributed by atoms with van der Waals surface area (Å²) >= 11 is 0. The summed E-state index contributed by atoms with van der Waals surface area (Å²) in [5.41, 5.74) is 1.21. The minimum absolute atomic E-state index is 0.580. The first kappa shape index (κ1) is 13.1. The van der Waals surface area contributed by atoms with E-state index in [9.17, 15) is 0 Å². The van der Waals surface area contributed by atoms with Crippen molar-refractivity contribution in [3.63, 3.8) is 0 Å². The molecule has 1 N–H and O–H groups in total. The Bertz CT molecular complexity index is 263. The lowest BCUT2D eigenvalue weighted by Crippen LogP contribution is -2.34. The second-order valence-electron chi connectivity index (χ2n) is 4.62. The third-order valence-electron chi connectivity index (χ3n) is 3.21. The van der Waals surface area contributed by atoms with Gasteiger partial charge in [-0.25, -0.2) is 0 Å². The first-order valence-corrected chi connectivity index (χ1v) is 6.53. The lowest BCUT2D eigenvalue weighted by atomic mass is 9.91. The maximum Gasteiger partial charge on any atom is 0.0324 e. The quantitative estimate of drug-likeness (QED) is 0.401. The molecule has 1 heteroatoms. The van der Waals surface area contributed by atoms with Crippen molar-refractivity contribution in [2.24, 2.45) is 5.92 Å². The average Bonchev–Trinajstić information content (AvgIpc) is 2.30. The predicted molar refractivity (Wildman–Crippen MR) is 72.3 cm³/mol. The highest BCUT2D eigenvalue weighted by molar-refractivity contribution is 5.16. The Kier molecular flexibility index (Phi) is 5.99. The van der Waals surface area contributed by atoms with Gasteiger partial charge in [-0.1, -0.05) is 51.5 Å². The molecule has 90 valence electrons. The molecule has 0 fully saturated rings. The fourth-order valence-electron chi connectivity index (χ4n) is 2.06. The normalized spacial score (nSPS) is 25.5. The van der Waals surface area contributed by atoms with Crippen molar-refractivity contribution >= 4 is 0 Å². The van der Waals surface area contributed by atoms with Gasteiger partial charge in [0.2, 0.25) is 0 Å². The van der Waals surface area contributed by atoms with Gasteiger partial charge in [-0.2, -0.15) is 0 Å². The molecular weight excluding hydrogens is 194 g/mol. The zero-order valence-electron chi connectivity index (χ0n) is 10.7. The summed E-state index contributed by atoms with van der Waals surface area (Å²) in [7, 11) is 0. The van der Waals surface area contributed by atoms with Gasteiger partial charge in [-0.15, -0.1) is 0 Å². The molecule has 0 saturated carbocycles. The first-order valence-electron chi connectivity index (χ1n) is 6.53. The van der Waals surface area contributed by atoms with E-state index in [1.807, 2.05) is 6.08 Å². The van der Waals surface area contributed by atoms with Gasteiger partial charge >= 0.3 is 0 Å². The van der Waals surface area contributed by atoms with Crippen molar-refractivity contribution < 1.29 is 0 Å². The van der Waals surface area contributed by atoms with Gasteiger partial charge in [0.05, 0.1) is 0 Å². The lowest BCUT2D eigenvalue weighted by Gasteiger charge is -2.27. The van der Waals surface area contributed by atoms with Crippen molar-refractivity contribution in [3.05, 3.63) is 36.6 Å². The van der Waals surface area contributed by atoms with Crippen LogP contribution in [-0.2, 0) is 0 Å². The van der Waals surface area contributed by atoms with Gasteiger partial charge in [-0.05, 0) is 31.3 Å². The molecule has 0 aromatic heterocycles. The SMILES string of the molecule is C=C/C(=C\CCCC)N[C@H]1CCC=C[C@@H]1C. The molecule has 0 bridgehead atoms. The Labute approximate surface area is 100 Å². The highest BCUT2D eigenvalue weighted by Crippen LogP contribution is 2.18. The molecule has 1 nitrogen and oxygen atoms in total. The van der Waals surface area contributed by atoms with E-state index in [1.165, 1.54) is 31.4 Å². The Morgan fingerprint density at radius 2 is 2.38 bits per heavy atom. The van der Waals surface area contributed by atoms with Crippen LogP contribution in [-0.4, -0.2) is 6.04 Å². The summed E-state index contributed by atoms with van der Waals surface area (Å²) in [6.07, 6.45) is 14.9. The summed E-state index contributed by atoms with van der Waals surface area (Å²) in [5.74, 6) is 0.628. The van der Waals surface area contributed by atoms with E-state index >= 15 is 0 Å². The topological polar surface area (TPSA) is 12.0 Å². The summed E-state index contributed by atoms with van der Waals surface area (Å²) < 4.78 is 0. The van der Waals surface area contributed by atoms with Crippen molar-refractivity contribution in [2.45, 2.75) is 52.0 Å². The fraction of sp³-hybridized carbons (Fsp3) is 0.600. The van der Waals surface area contributed by atoms with Crippen LogP contribution in [0.2, 0.25) is 0 Å². The molecule has 0 spiro atoms. The fourth-order valence-corrected chi connectivity index (χ4v) is 2.06. The van der Waals surface area contributed by atoms with Gasteiger partial charge in [0, 0.05) is 11.7 Å². The number of rotatable bonds is 6. The maximum absolute atomic E-state index is 3.88. The Hall–Kier alpha value is -0.980. The third-order valence-corrected chi connectivity index (χ3v) is 3.21. The molecule has 0 amide bonds. The van der Waals surface area contributed by atoms with E-state index in [0.29, 0.717) is 12.0 Å². The van der Waals surface area contributed by atoms with Crippen LogP contribution in [0, 0.1) is 5.92 Å². The van der Waals surface area contributed by atoms with Crippen LogP contribution in [0.3, 0.4) is 0 Å². The molecule has 0 unspecified atom stereocenters. The van der Waals surface area contributed by atoms with Crippen molar-refractivity contribution in [2.75, 3.05) is 0 Å². The minimum atomic E-state index is 0.580. The van der Waals surface area contributed by atoms with E-state index in [0.717, 1.165) is 6.42 Å². The third kappa shape index (κ3) is 4.26. The Morgan fingerprint density at radius 3 is 3.00 bits per heavy atom. The molecule has 1 aliphatic carbocycles. The largest absolute Gasteiger partial charge is 0.382 e. The van der Waals surface area contributed by atoms with Crippen molar-refractivity contribution in [3.8, 4) is 0 Å². The molecule has 16 heavy (non-hydrogen) atoms. The molecular formula is C15H25N. The van der Waals surface area contributed by atoms with Crippen LogP contribution in [0.5, 0.6) is 0 Å². The van der Waals surface area contributed by atoms with E-state index in [1.54, 1.807) is 0 Å². The van der Waals surface area contributed by atoms with Crippen LogP contribution in [0.4, 0.5) is 0 Å². The minimum Gasteiger partial charge on any atom is -0.382 e. The number of allylic oxidation sites excluding steroid dienone is 3. The van der Waals surface area contributed by atoms with Crippen LogP contribution >= 0.6 is 0 Å². The number of hydrogen-bond acceptors (Lipinski definition) is 1. The monoisotopic (exact) mass is 219 g/mol. The maximum atomic E-state index is 3.88. The first-order chi connectivity index (χ1) is 7.77. The summed E-state index contributed by atoms with van der Waals surface area (Å²) in [5, 5.41) is 3.61. The summed E-state index contributed by atoms with van der Waals surface area (Å²) in [4.78, 5) is 0. The van der Waals surface area contributed by atoms with Crippen LogP contribution in [0.25, 0.3) is 0 Å². The second kappa shape index (κ2) is 7.32. The van der Waals surface area contributed by atoms with Crippen LogP contribution < -0.4 is 5.32 Å². The molecule has 0 aromatic rings. The summed E-state index contributed by atoms with van der Waals surface area (Å²) in [6, 6.07) is 0.580. The Balaban J connectivity index is 2.46.